The molecule has 0 spiro atoms. The van der Waals surface area contributed by atoms with Crippen molar-refractivity contribution in [3.63, 3.8) is 0 Å². The molecule has 17 heavy (non-hydrogen) atoms. The van der Waals surface area contributed by atoms with Gasteiger partial charge in [-0.05, 0) is 0 Å². The largest absolute Gasteiger partial charge is 0.332 e. The van der Waals surface area contributed by atoms with Crippen LogP contribution in [0.25, 0.3) is 11.2 Å². The number of fused-ring (bicyclic) bond motifs is 1. The Balaban J connectivity index is 3.37. The summed E-state index contributed by atoms with van der Waals surface area (Å²) >= 11 is 0. The van der Waals surface area contributed by atoms with Crippen LogP contribution in [-0.4, -0.2) is 18.7 Å². The molecule has 0 atom stereocenters. The number of rotatable bonds is 0. The highest BCUT2D eigenvalue weighted by atomic mass is 16.2. The Morgan fingerprint density at radius 2 is 1.41 bits per heavy atom. The summed E-state index contributed by atoms with van der Waals surface area (Å²) in [6.07, 6.45) is 0. The molecule has 8 heteroatoms. The van der Waals surface area contributed by atoms with Crippen LogP contribution in [0.1, 0.15) is 0 Å². The van der Waals surface area contributed by atoms with E-state index in [4.69, 9.17) is 0 Å². The molecule has 2 aromatic rings. The Bertz CT molecular complexity index is 849. The lowest BCUT2D eigenvalue weighted by Gasteiger charge is -2.09. The van der Waals surface area contributed by atoms with Gasteiger partial charge in [-0.2, -0.15) is 0 Å². The van der Waals surface area contributed by atoms with E-state index in [2.05, 4.69) is 4.98 Å². The van der Waals surface area contributed by atoms with Crippen LogP contribution in [0.15, 0.2) is 19.2 Å². The number of nitrogens with zero attached hydrogens (tertiary/aromatic N) is 3. The first kappa shape index (κ1) is 11.1. The van der Waals surface area contributed by atoms with Gasteiger partial charge in [0.05, 0.1) is 0 Å². The van der Waals surface area contributed by atoms with Crippen LogP contribution in [-0.2, 0) is 21.1 Å². The van der Waals surface area contributed by atoms with E-state index in [0.29, 0.717) is 0 Å². The Kier molecular flexibility index (Phi) is 2.16. The molecule has 0 bridgehead atoms. The van der Waals surface area contributed by atoms with Gasteiger partial charge in [-0.25, -0.2) is 4.79 Å². The predicted octanol–water partition coefficient (Wildman–Crippen LogP) is -2.38. The molecule has 0 aliphatic rings. The second kappa shape index (κ2) is 3.30. The van der Waals surface area contributed by atoms with Gasteiger partial charge < -0.3 is 4.98 Å². The van der Waals surface area contributed by atoms with E-state index in [1.54, 1.807) is 0 Å². The molecule has 8 nitrogen and oxygen atoms in total. The van der Waals surface area contributed by atoms with Crippen molar-refractivity contribution >= 4 is 11.2 Å². The van der Waals surface area contributed by atoms with Gasteiger partial charge in [0.1, 0.15) is 11.2 Å². The summed E-state index contributed by atoms with van der Waals surface area (Å²) in [6.45, 7) is 0. The molecular formula is C9H10N4O4. The summed E-state index contributed by atoms with van der Waals surface area (Å²) in [5.74, 6) is 0. The normalized spacial score (nSPS) is 11.0. The standard InChI is InChI=1S/C9H10N4O4/c1-11-6-4(10-5(14)8(11)16)7(15)13(3)9(17)12(6)2/h1-3H3,(H,10,14). The molecule has 0 aliphatic carbocycles. The number of nitrogens with one attached hydrogen (secondary N) is 1. The number of aromatic amines is 1. The summed E-state index contributed by atoms with van der Waals surface area (Å²) < 4.78 is 2.98. The van der Waals surface area contributed by atoms with Crippen LogP contribution in [0.3, 0.4) is 0 Å². The van der Waals surface area contributed by atoms with Gasteiger partial charge in [-0.3, -0.25) is 28.1 Å². The van der Waals surface area contributed by atoms with Gasteiger partial charge in [0.15, 0.2) is 0 Å². The Morgan fingerprint density at radius 3 is 2.00 bits per heavy atom. The van der Waals surface area contributed by atoms with Crippen LogP contribution in [0.4, 0.5) is 0 Å². The van der Waals surface area contributed by atoms with E-state index >= 15 is 0 Å². The predicted molar refractivity (Wildman–Crippen MR) is 60.3 cm³/mol. The fourth-order valence-electron chi connectivity index (χ4n) is 1.75. The highest BCUT2D eigenvalue weighted by Gasteiger charge is 2.13. The Labute approximate surface area is 93.4 Å². The minimum absolute atomic E-state index is 0.0679. The molecule has 0 saturated carbocycles. The van der Waals surface area contributed by atoms with Crippen LogP contribution in [0.2, 0.25) is 0 Å². The van der Waals surface area contributed by atoms with Crippen molar-refractivity contribution in [1.82, 2.24) is 18.7 Å². The van der Waals surface area contributed by atoms with Gasteiger partial charge >= 0.3 is 16.8 Å². The van der Waals surface area contributed by atoms with Gasteiger partial charge in [0.25, 0.3) is 5.56 Å². The SMILES string of the molecule is Cn1c(=O)c2[nH]c(=O)c(=O)n(C)c2n(C)c1=O. The zero-order chi connectivity index (χ0) is 12.9. The first-order chi connectivity index (χ1) is 7.86. The molecule has 0 saturated heterocycles. The van der Waals surface area contributed by atoms with Crippen LogP contribution in [0.5, 0.6) is 0 Å². The van der Waals surface area contributed by atoms with E-state index < -0.39 is 22.4 Å². The van der Waals surface area contributed by atoms with Crippen molar-refractivity contribution in [2.75, 3.05) is 0 Å². The zero-order valence-corrected chi connectivity index (χ0v) is 9.47. The first-order valence-electron chi connectivity index (χ1n) is 4.75. The summed E-state index contributed by atoms with van der Waals surface area (Å²) in [6, 6.07) is 0. The topological polar surface area (TPSA) is 98.9 Å². The van der Waals surface area contributed by atoms with Crippen LogP contribution in [0, 0.1) is 0 Å². The van der Waals surface area contributed by atoms with Gasteiger partial charge in [-0.1, -0.05) is 0 Å². The van der Waals surface area contributed by atoms with Gasteiger partial charge in [0.2, 0.25) is 0 Å². The third-order valence-corrected chi connectivity index (χ3v) is 2.69. The van der Waals surface area contributed by atoms with E-state index in [0.717, 1.165) is 13.7 Å². The fraction of sp³-hybridized carbons (Fsp3) is 0.333. The van der Waals surface area contributed by atoms with E-state index in [9.17, 15) is 19.2 Å². The molecule has 0 fully saturated rings. The number of hydrogen-bond acceptors (Lipinski definition) is 4. The second-order valence-corrected chi connectivity index (χ2v) is 3.72. The molecule has 2 heterocycles. The molecule has 0 amide bonds. The molecule has 2 aromatic heterocycles. The summed E-state index contributed by atoms with van der Waals surface area (Å²) in [5.41, 5.74) is -2.90. The lowest BCUT2D eigenvalue weighted by molar-refractivity contribution is 0.681. The Hall–Kier alpha value is -2.38. The quantitative estimate of drug-likeness (QED) is 0.518. The summed E-state index contributed by atoms with van der Waals surface area (Å²) in [5, 5.41) is 0. The summed E-state index contributed by atoms with van der Waals surface area (Å²) in [4.78, 5) is 48.4. The average Bonchev–Trinajstić information content (AvgIpc) is 2.30. The van der Waals surface area contributed by atoms with Gasteiger partial charge in [0, 0.05) is 21.1 Å². The molecule has 1 N–H and O–H groups in total. The van der Waals surface area contributed by atoms with Gasteiger partial charge in [-0.15, -0.1) is 0 Å². The fourth-order valence-corrected chi connectivity index (χ4v) is 1.75. The maximum atomic E-state index is 11.8. The molecule has 0 aliphatic heterocycles. The zero-order valence-electron chi connectivity index (χ0n) is 9.47. The Morgan fingerprint density at radius 1 is 0.824 bits per heavy atom. The van der Waals surface area contributed by atoms with Crippen molar-refractivity contribution in [1.29, 1.82) is 0 Å². The first-order valence-corrected chi connectivity index (χ1v) is 4.75. The lowest BCUT2D eigenvalue weighted by Crippen LogP contribution is -2.44. The van der Waals surface area contributed by atoms with Crippen molar-refractivity contribution in [2.24, 2.45) is 21.1 Å². The third kappa shape index (κ3) is 1.30. The molecule has 0 radical (unpaired) electrons. The minimum atomic E-state index is -0.893. The molecule has 0 aromatic carbocycles. The monoisotopic (exact) mass is 238 g/mol. The minimum Gasteiger partial charge on any atom is -0.310 e. The maximum absolute atomic E-state index is 11.8. The molecule has 2 rings (SSSR count). The van der Waals surface area contributed by atoms with Crippen molar-refractivity contribution in [3.05, 3.63) is 41.5 Å². The number of aryl methyl sites for hydroxylation is 2. The van der Waals surface area contributed by atoms with Crippen LogP contribution >= 0.6 is 0 Å². The van der Waals surface area contributed by atoms with Crippen molar-refractivity contribution in [2.45, 2.75) is 0 Å². The molecular weight excluding hydrogens is 228 g/mol. The van der Waals surface area contributed by atoms with E-state index in [1.165, 1.54) is 21.1 Å². The second-order valence-electron chi connectivity index (χ2n) is 3.72. The smallest absolute Gasteiger partial charge is 0.310 e. The number of H-pyrrole nitrogens is 1. The van der Waals surface area contributed by atoms with Crippen molar-refractivity contribution in [3.8, 4) is 0 Å². The maximum Gasteiger partial charge on any atom is 0.332 e. The van der Waals surface area contributed by atoms with E-state index in [-0.39, 0.29) is 11.2 Å². The molecule has 0 unspecified atom stereocenters. The van der Waals surface area contributed by atoms with E-state index in [1.807, 2.05) is 0 Å². The highest BCUT2D eigenvalue weighted by molar-refractivity contribution is 5.68. The van der Waals surface area contributed by atoms with Crippen LogP contribution < -0.4 is 22.4 Å². The third-order valence-electron chi connectivity index (χ3n) is 2.69. The average molecular weight is 238 g/mol. The number of hydrogen-bond donors (Lipinski definition) is 1. The molecule has 90 valence electrons. The van der Waals surface area contributed by atoms with Crippen molar-refractivity contribution < 1.29 is 0 Å². The summed E-state index contributed by atoms with van der Waals surface area (Å²) in [7, 11) is 4.05. The number of aromatic nitrogens is 4. The highest BCUT2D eigenvalue weighted by Crippen LogP contribution is 1.96. The lowest BCUT2D eigenvalue weighted by atomic mass is 10.4.